The van der Waals surface area contributed by atoms with Crippen LogP contribution in [0.1, 0.15) is 39.5 Å². The standard InChI is InChI=1S/C14H24N2O3/c1-10-4-3-7-15(8-10)13(17)9-16(12-5-6-12)11(2)14(18)19/h10-12H,3-9H2,1-2H3,(H,18,19). The highest BCUT2D eigenvalue weighted by atomic mass is 16.4. The van der Waals surface area contributed by atoms with Crippen LogP contribution in [-0.2, 0) is 9.59 Å². The van der Waals surface area contributed by atoms with Crippen LogP contribution in [0.25, 0.3) is 0 Å². The fourth-order valence-corrected chi connectivity index (χ4v) is 2.80. The second-order valence-electron chi connectivity index (χ2n) is 6.00. The second kappa shape index (κ2) is 5.90. The van der Waals surface area contributed by atoms with Gasteiger partial charge in [-0.1, -0.05) is 6.92 Å². The molecule has 0 bridgehead atoms. The summed E-state index contributed by atoms with van der Waals surface area (Å²) >= 11 is 0. The highest BCUT2D eigenvalue weighted by Crippen LogP contribution is 2.29. The van der Waals surface area contributed by atoms with Crippen LogP contribution in [0, 0.1) is 5.92 Å². The molecule has 5 nitrogen and oxygen atoms in total. The van der Waals surface area contributed by atoms with E-state index in [1.165, 1.54) is 6.42 Å². The number of likely N-dealkylation sites (tertiary alicyclic amines) is 1. The van der Waals surface area contributed by atoms with E-state index in [4.69, 9.17) is 5.11 Å². The molecule has 1 heterocycles. The van der Waals surface area contributed by atoms with Gasteiger partial charge in [0.1, 0.15) is 6.04 Å². The van der Waals surface area contributed by atoms with Crippen molar-refractivity contribution in [3.63, 3.8) is 0 Å². The zero-order valence-corrected chi connectivity index (χ0v) is 11.8. The fraction of sp³-hybridized carbons (Fsp3) is 0.857. The molecule has 0 aromatic carbocycles. The summed E-state index contributed by atoms with van der Waals surface area (Å²) in [6, 6.07) is -0.282. The van der Waals surface area contributed by atoms with E-state index in [0.29, 0.717) is 5.92 Å². The van der Waals surface area contributed by atoms with Crippen LogP contribution in [0.5, 0.6) is 0 Å². The fourth-order valence-electron chi connectivity index (χ4n) is 2.80. The molecule has 1 aliphatic carbocycles. The predicted octanol–water partition coefficient (Wildman–Crippen LogP) is 1.18. The summed E-state index contributed by atoms with van der Waals surface area (Å²) in [7, 11) is 0. The van der Waals surface area contributed by atoms with Gasteiger partial charge < -0.3 is 10.0 Å². The minimum atomic E-state index is -0.841. The molecule has 2 rings (SSSR count). The van der Waals surface area contributed by atoms with Crippen molar-refractivity contribution in [3.8, 4) is 0 Å². The third-order valence-electron chi connectivity index (χ3n) is 4.20. The first kappa shape index (κ1) is 14.3. The minimum absolute atomic E-state index is 0.0894. The lowest BCUT2D eigenvalue weighted by atomic mass is 10.0. The van der Waals surface area contributed by atoms with Crippen LogP contribution in [0.2, 0.25) is 0 Å². The SMILES string of the molecule is CC1CCCN(C(=O)CN(C2CC2)C(C)C(=O)O)C1. The zero-order chi connectivity index (χ0) is 14.0. The lowest BCUT2D eigenvalue weighted by molar-refractivity contribution is -0.144. The Kier molecular flexibility index (Phi) is 4.45. The van der Waals surface area contributed by atoms with Gasteiger partial charge in [-0.15, -0.1) is 0 Å². The summed E-state index contributed by atoms with van der Waals surface area (Å²) in [5.74, 6) is -0.192. The van der Waals surface area contributed by atoms with E-state index in [-0.39, 0.29) is 18.5 Å². The van der Waals surface area contributed by atoms with Gasteiger partial charge in [-0.05, 0) is 38.5 Å². The Balaban J connectivity index is 1.93. The zero-order valence-electron chi connectivity index (χ0n) is 11.8. The predicted molar refractivity (Wildman–Crippen MR) is 71.8 cm³/mol. The summed E-state index contributed by atoms with van der Waals surface area (Å²) in [5, 5.41) is 9.13. The Bertz CT molecular complexity index is 355. The van der Waals surface area contributed by atoms with Crippen molar-refractivity contribution in [2.24, 2.45) is 5.92 Å². The summed E-state index contributed by atoms with van der Waals surface area (Å²) in [4.78, 5) is 27.2. The number of rotatable bonds is 5. The molecular formula is C14H24N2O3. The van der Waals surface area contributed by atoms with E-state index in [2.05, 4.69) is 6.92 Å². The quantitative estimate of drug-likeness (QED) is 0.813. The summed E-state index contributed by atoms with van der Waals surface area (Å²) < 4.78 is 0. The molecule has 1 saturated heterocycles. The lowest BCUT2D eigenvalue weighted by Gasteiger charge is -2.34. The van der Waals surface area contributed by atoms with Gasteiger partial charge >= 0.3 is 5.97 Å². The maximum atomic E-state index is 12.3. The molecule has 1 aliphatic heterocycles. The molecule has 0 aromatic heterocycles. The van der Waals surface area contributed by atoms with Crippen LogP contribution in [0.3, 0.4) is 0 Å². The number of nitrogens with zero attached hydrogens (tertiary/aromatic N) is 2. The molecule has 108 valence electrons. The number of carbonyl (C=O) groups is 2. The monoisotopic (exact) mass is 268 g/mol. The van der Waals surface area contributed by atoms with Crippen LogP contribution >= 0.6 is 0 Å². The molecule has 1 amide bonds. The first-order chi connectivity index (χ1) is 8.99. The second-order valence-corrected chi connectivity index (χ2v) is 6.00. The average Bonchev–Trinajstić information content (AvgIpc) is 3.19. The molecular weight excluding hydrogens is 244 g/mol. The number of aliphatic carboxylic acids is 1. The van der Waals surface area contributed by atoms with Crippen molar-refractivity contribution < 1.29 is 14.7 Å². The molecule has 2 fully saturated rings. The molecule has 1 saturated carbocycles. The van der Waals surface area contributed by atoms with E-state index >= 15 is 0 Å². The molecule has 5 heteroatoms. The van der Waals surface area contributed by atoms with Crippen molar-refractivity contribution >= 4 is 11.9 Å². The van der Waals surface area contributed by atoms with Gasteiger partial charge in [0.15, 0.2) is 0 Å². The Labute approximate surface area is 114 Å². The molecule has 0 aromatic rings. The van der Waals surface area contributed by atoms with Gasteiger partial charge in [0.05, 0.1) is 6.54 Å². The van der Waals surface area contributed by atoms with E-state index in [9.17, 15) is 9.59 Å². The molecule has 0 spiro atoms. The smallest absolute Gasteiger partial charge is 0.320 e. The van der Waals surface area contributed by atoms with E-state index in [0.717, 1.165) is 32.4 Å². The van der Waals surface area contributed by atoms with Gasteiger partial charge in [0.25, 0.3) is 0 Å². The number of piperidine rings is 1. The molecule has 19 heavy (non-hydrogen) atoms. The Morgan fingerprint density at radius 1 is 1.37 bits per heavy atom. The molecule has 2 atom stereocenters. The molecule has 2 unspecified atom stereocenters. The average molecular weight is 268 g/mol. The van der Waals surface area contributed by atoms with Gasteiger partial charge in [-0.25, -0.2) is 0 Å². The first-order valence-corrected chi connectivity index (χ1v) is 7.25. The van der Waals surface area contributed by atoms with Crippen molar-refractivity contribution in [2.45, 2.75) is 51.6 Å². The van der Waals surface area contributed by atoms with Crippen LogP contribution < -0.4 is 0 Å². The Morgan fingerprint density at radius 3 is 2.58 bits per heavy atom. The maximum Gasteiger partial charge on any atom is 0.320 e. The van der Waals surface area contributed by atoms with Gasteiger partial charge in [0, 0.05) is 19.1 Å². The highest BCUT2D eigenvalue weighted by Gasteiger charge is 2.37. The molecule has 1 N–H and O–H groups in total. The van der Waals surface area contributed by atoms with Gasteiger partial charge in [-0.2, -0.15) is 0 Å². The van der Waals surface area contributed by atoms with Crippen LogP contribution in [-0.4, -0.2) is 58.5 Å². The van der Waals surface area contributed by atoms with Crippen LogP contribution in [0.4, 0.5) is 0 Å². The number of carboxylic acids is 1. The number of hydrogen-bond donors (Lipinski definition) is 1. The summed E-state index contributed by atoms with van der Waals surface area (Å²) in [5.41, 5.74) is 0. The van der Waals surface area contributed by atoms with Gasteiger partial charge in [0.2, 0.25) is 5.91 Å². The Morgan fingerprint density at radius 2 is 2.05 bits per heavy atom. The van der Waals surface area contributed by atoms with Crippen molar-refractivity contribution in [3.05, 3.63) is 0 Å². The largest absolute Gasteiger partial charge is 0.480 e. The summed E-state index contributed by atoms with van der Waals surface area (Å²) in [6.45, 7) is 5.73. The Hall–Kier alpha value is -1.10. The third-order valence-corrected chi connectivity index (χ3v) is 4.20. The maximum absolute atomic E-state index is 12.3. The highest BCUT2D eigenvalue weighted by molar-refractivity contribution is 5.80. The number of amides is 1. The molecule has 0 radical (unpaired) electrons. The van der Waals surface area contributed by atoms with Crippen molar-refractivity contribution in [1.82, 2.24) is 9.80 Å². The number of hydrogen-bond acceptors (Lipinski definition) is 3. The summed E-state index contributed by atoms with van der Waals surface area (Å²) in [6.07, 6.45) is 4.27. The van der Waals surface area contributed by atoms with E-state index in [1.54, 1.807) is 6.92 Å². The normalized spacial score (nSPS) is 25.4. The number of carbonyl (C=O) groups excluding carboxylic acids is 1. The number of carboxylic acid groups (broad SMARTS) is 1. The minimum Gasteiger partial charge on any atom is -0.480 e. The van der Waals surface area contributed by atoms with Crippen molar-refractivity contribution in [1.29, 1.82) is 0 Å². The van der Waals surface area contributed by atoms with Crippen molar-refractivity contribution in [2.75, 3.05) is 19.6 Å². The van der Waals surface area contributed by atoms with E-state index < -0.39 is 12.0 Å². The topological polar surface area (TPSA) is 60.9 Å². The molecule has 2 aliphatic rings. The first-order valence-electron chi connectivity index (χ1n) is 7.25. The van der Waals surface area contributed by atoms with E-state index in [1.807, 2.05) is 9.80 Å². The third kappa shape index (κ3) is 3.69. The van der Waals surface area contributed by atoms with Gasteiger partial charge in [-0.3, -0.25) is 14.5 Å². The lowest BCUT2D eigenvalue weighted by Crippen LogP contribution is -2.49. The van der Waals surface area contributed by atoms with Crippen LogP contribution in [0.15, 0.2) is 0 Å².